The SMILES string of the molecule is CC\C=C/C=C/C=C/C=C\C=C\C=C\CCCCC(O)C(=O)NC(COC1OC(CO)C(O)C(O)C1OC(=O)CCCCCCC\C=C/C=C/C=C/CC)C(O)/C=C/CCCCCCCCCCCCC. The number of rotatable bonds is 43. The van der Waals surface area contributed by atoms with Crippen LogP contribution in [-0.2, 0) is 23.8 Å². The normalized spacial score (nSPS) is 20.6. The van der Waals surface area contributed by atoms with E-state index in [4.69, 9.17) is 14.2 Å². The second-order valence-electron chi connectivity index (χ2n) is 18.4. The fourth-order valence-electron chi connectivity index (χ4n) is 7.74. The van der Waals surface area contributed by atoms with Gasteiger partial charge in [0.05, 0.1) is 25.4 Å². The van der Waals surface area contributed by atoms with Crippen molar-refractivity contribution in [1.29, 1.82) is 0 Å². The highest BCUT2D eigenvalue weighted by atomic mass is 16.7. The molecule has 0 aliphatic carbocycles. The minimum Gasteiger partial charge on any atom is -0.454 e. The van der Waals surface area contributed by atoms with E-state index < -0.39 is 67.4 Å². The molecule has 1 heterocycles. The van der Waals surface area contributed by atoms with Gasteiger partial charge in [0.1, 0.15) is 24.4 Å². The lowest BCUT2D eigenvalue weighted by atomic mass is 9.99. The van der Waals surface area contributed by atoms with Gasteiger partial charge < -0.3 is 45.1 Å². The van der Waals surface area contributed by atoms with Gasteiger partial charge in [0.15, 0.2) is 12.4 Å². The second kappa shape index (κ2) is 47.1. The highest BCUT2D eigenvalue weighted by molar-refractivity contribution is 5.80. The Morgan fingerprint density at radius 1 is 0.563 bits per heavy atom. The van der Waals surface area contributed by atoms with Crippen LogP contribution in [0.1, 0.15) is 181 Å². The van der Waals surface area contributed by atoms with Crippen molar-refractivity contribution >= 4 is 11.9 Å². The Bertz CT molecular complexity index is 1610. The van der Waals surface area contributed by atoms with Crippen molar-refractivity contribution < 1.29 is 49.3 Å². The van der Waals surface area contributed by atoms with Crippen molar-refractivity contribution in [2.24, 2.45) is 0 Å². The van der Waals surface area contributed by atoms with Crippen LogP contribution in [0.25, 0.3) is 0 Å². The molecule has 1 saturated heterocycles. The van der Waals surface area contributed by atoms with E-state index in [9.17, 15) is 35.1 Å². The van der Waals surface area contributed by atoms with Crippen LogP contribution < -0.4 is 5.32 Å². The van der Waals surface area contributed by atoms with E-state index in [0.717, 1.165) is 83.5 Å². The van der Waals surface area contributed by atoms with Crippen molar-refractivity contribution in [3.05, 3.63) is 122 Å². The predicted molar refractivity (Wildman–Crippen MR) is 291 cm³/mol. The molecule has 8 unspecified atom stereocenters. The van der Waals surface area contributed by atoms with Crippen molar-refractivity contribution in [1.82, 2.24) is 5.32 Å². The average Bonchev–Trinajstić information content (AvgIpc) is 3.37. The van der Waals surface area contributed by atoms with Crippen LogP contribution in [0.3, 0.4) is 0 Å². The molecule has 6 N–H and O–H groups in total. The van der Waals surface area contributed by atoms with E-state index >= 15 is 0 Å². The molecule has 0 saturated carbocycles. The maximum absolute atomic E-state index is 13.4. The van der Waals surface area contributed by atoms with E-state index in [1.54, 1.807) is 6.08 Å². The third-order valence-corrected chi connectivity index (χ3v) is 12.1. The number of carbonyl (C=O) groups is 2. The molecule has 71 heavy (non-hydrogen) atoms. The molecule has 1 amide bonds. The summed E-state index contributed by atoms with van der Waals surface area (Å²) in [6, 6.07) is -1.06. The molecule has 0 aromatic carbocycles. The van der Waals surface area contributed by atoms with Gasteiger partial charge in [0.25, 0.3) is 0 Å². The number of hydrogen-bond donors (Lipinski definition) is 6. The first-order valence-electron chi connectivity index (χ1n) is 27.4. The Labute approximate surface area is 430 Å². The summed E-state index contributed by atoms with van der Waals surface area (Å²) in [6.07, 6.45) is 53.8. The lowest BCUT2D eigenvalue weighted by molar-refractivity contribution is -0.305. The fourth-order valence-corrected chi connectivity index (χ4v) is 7.74. The van der Waals surface area contributed by atoms with Gasteiger partial charge in [0, 0.05) is 6.42 Å². The van der Waals surface area contributed by atoms with Crippen molar-refractivity contribution in [3.63, 3.8) is 0 Å². The van der Waals surface area contributed by atoms with Gasteiger partial charge >= 0.3 is 5.97 Å². The van der Waals surface area contributed by atoms with Crippen molar-refractivity contribution in [3.8, 4) is 0 Å². The topological polar surface area (TPSA) is 175 Å². The highest BCUT2D eigenvalue weighted by Gasteiger charge is 2.47. The Hall–Kier alpha value is -3.94. The number of esters is 1. The Kier molecular flexibility index (Phi) is 43.2. The zero-order valence-corrected chi connectivity index (χ0v) is 44.0. The van der Waals surface area contributed by atoms with Gasteiger partial charge in [-0.2, -0.15) is 0 Å². The van der Waals surface area contributed by atoms with Gasteiger partial charge in [0.2, 0.25) is 5.91 Å². The first kappa shape index (κ1) is 65.1. The number of unbranched alkanes of at least 4 members (excludes halogenated alkanes) is 18. The summed E-state index contributed by atoms with van der Waals surface area (Å²) in [7, 11) is 0. The van der Waals surface area contributed by atoms with Crippen LogP contribution in [0.4, 0.5) is 0 Å². The molecule has 1 aliphatic rings. The van der Waals surface area contributed by atoms with Gasteiger partial charge in [-0.3, -0.25) is 9.59 Å². The number of aliphatic hydroxyl groups is 5. The lowest BCUT2D eigenvalue weighted by Crippen LogP contribution is -2.61. The Morgan fingerprint density at radius 2 is 1.01 bits per heavy atom. The predicted octanol–water partition coefficient (Wildman–Crippen LogP) is 11.9. The van der Waals surface area contributed by atoms with E-state index in [0.29, 0.717) is 12.8 Å². The smallest absolute Gasteiger partial charge is 0.306 e. The van der Waals surface area contributed by atoms with Crippen LogP contribution in [0.15, 0.2) is 122 Å². The van der Waals surface area contributed by atoms with Gasteiger partial charge in [-0.1, -0.05) is 232 Å². The molecule has 8 atom stereocenters. The van der Waals surface area contributed by atoms with Crippen LogP contribution in [0, 0.1) is 0 Å². The first-order chi connectivity index (χ1) is 34.7. The summed E-state index contributed by atoms with van der Waals surface area (Å²) in [5.74, 6) is -1.28. The fraction of sp³-hybridized carbons (Fsp3) is 0.633. The van der Waals surface area contributed by atoms with Crippen molar-refractivity contribution in [2.75, 3.05) is 13.2 Å². The minimum atomic E-state index is -1.64. The Balaban J connectivity index is 2.83. The number of ether oxygens (including phenoxy) is 3. The molecule has 1 fully saturated rings. The standard InChI is InChI=1S/C60H97NO10/c1-4-7-10-13-16-19-22-25-26-27-30-32-35-38-41-44-47-53(64)59(68)61-51(52(63)46-43-40-37-34-31-28-23-20-17-14-11-8-5-2)50-69-60-58(57(67)56(66)54(49-62)70-60)71-55(65)48-45-42-39-36-33-29-24-21-18-15-12-9-6-3/h7,9-10,12-13,15-16,18-19,21-22,24-27,30,32,35,43,46,51-54,56-58,60,62-64,66-67H,4-6,8,11,14,17,20,23,28-29,31,33-34,36-42,44-45,47-50H2,1-3H3,(H,61,68)/b10-7-,12-9+,16-13+,18-15+,22-19+,24-21-,26-25-,30-27+,35-32+,46-43+. The summed E-state index contributed by atoms with van der Waals surface area (Å²) in [4.78, 5) is 26.4. The van der Waals surface area contributed by atoms with Crippen LogP contribution >= 0.6 is 0 Å². The third kappa shape index (κ3) is 35.8. The summed E-state index contributed by atoms with van der Waals surface area (Å²) in [6.45, 7) is 5.43. The van der Waals surface area contributed by atoms with E-state index in [1.807, 2.05) is 97.2 Å². The molecule has 1 rings (SSSR count). The molecule has 1 aliphatic heterocycles. The van der Waals surface area contributed by atoms with E-state index in [2.05, 4.69) is 44.3 Å². The quantitative estimate of drug-likeness (QED) is 0.0149. The molecule has 0 bridgehead atoms. The van der Waals surface area contributed by atoms with Crippen LogP contribution in [0.2, 0.25) is 0 Å². The molecule has 402 valence electrons. The summed E-state index contributed by atoms with van der Waals surface area (Å²) in [5.41, 5.74) is 0. The van der Waals surface area contributed by atoms with Crippen molar-refractivity contribution in [2.45, 2.75) is 230 Å². The summed E-state index contributed by atoms with van der Waals surface area (Å²) in [5, 5.41) is 56.7. The van der Waals surface area contributed by atoms with E-state index in [-0.39, 0.29) is 19.4 Å². The number of carbonyl (C=O) groups excluding carboxylic acids is 2. The molecule has 0 spiro atoms. The highest BCUT2D eigenvalue weighted by Crippen LogP contribution is 2.26. The monoisotopic (exact) mass is 992 g/mol. The van der Waals surface area contributed by atoms with Crippen LogP contribution in [0.5, 0.6) is 0 Å². The van der Waals surface area contributed by atoms with Crippen LogP contribution in [-0.4, -0.2) is 99.6 Å². The number of amides is 1. The molecule has 0 aromatic rings. The number of nitrogens with one attached hydrogen (secondary N) is 1. The van der Waals surface area contributed by atoms with E-state index in [1.165, 1.54) is 51.4 Å². The molecular formula is C60H97NO10. The second-order valence-corrected chi connectivity index (χ2v) is 18.4. The maximum Gasteiger partial charge on any atom is 0.306 e. The molecular weight excluding hydrogens is 895 g/mol. The number of hydrogen-bond acceptors (Lipinski definition) is 10. The third-order valence-electron chi connectivity index (χ3n) is 12.1. The zero-order valence-electron chi connectivity index (χ0n) is 44.0. The maximum atomic E-state index is 13.4. The van der Waals surface area contributed by atoms with Gasteiger partial charge in [-0.15, -0.1) is 0 Å². The molecule has 0 aromatic heterocycles. The molecule has 11 nitrogen and oxygen atoms in total. The minimum absolute atomic E-state index is 0.0872. The van der Waals surface area contributed by atoms with Gasteiger partial charge in [-0.25, -0.2) is 0 Å². The molecule has 11 heteroatoms. The zero-order chi connectivity index (χ0) is 51.8. The van der Waals surface area contributed by atoms with Gasteiger partial charge in [-0.05, 0) is 64.2 Å². The first-order valence-corrected chi connectivity index (χ1v) is 27.4. The summed E-state index contributed by atoms with van der Waals surface area (Å²) < 4.78 is 17.5. The number of allylic oxidation sites excluding steroid dienone is 19. The summed E-state index contributed by atoms with van der Waals surface area (Å²) >= 11 is 0. The largest absolute Gasteiger partial charge is 0.454 e. The number of aliphatic hydroxyl groups excluding tert-OH is 5. The Morgan fingerprint density at radius 3 is 1.52 bits per heavy atom. The average molecular weight is 992 g/mol. The lowest BCUT2D eigenvalue weighted by Gasteiger charge is -2.41. The molecule has 0 radical (unpaired) electrons.